The summed E-state index contributed by atoms with van der Waals surface area (Å²) in [5.74, 6) is -0.00243. The van der Waals surface area contributed by atoms with Crippen LogP contribution in [0.25, 0.3) is 0 Å². The second kappa shape index (κ2) is 6.51. The van der Waals surface area contributed by atoms with Gasteiger partial charge in [-0.15, -0.1) is 0 Å². The van der Waals surface area contributed by atoms with Gasteiger partial charge in [0.2, 0.25) is 5.91 Å². The highest BCUT2D eigenvalue weighted by molar-refractivity contribution is 5.73. The van der Waals surface area contributed by atoms with E-state index >= 15 is 0 Å². The summed E-state index contributed by atoms with van der Waals surface area (Å²) in [5.41, 5.74) is 1.69. The third kappa shape index (κ3) is 3.80. The fraction of sp³-hybridized carbons (Fsp3) is 0.467. The molecule has 20 heavy (non-hydrogen) atoms. The maximum atomic E-state index is 11.4. The highest BCUT2D eigenvalue weighted by Crippen LogP contribution is 2.11. The van der Waals surface area contributed by atoms with Crippen LogP contribution in [0.3, 0.4) is 0 Å². The van der Waals surface area contributed by atoms with E-state index in [9.17, 15) is 9.90 Å². The van der Waals surface area contributed by atoms with Crippen LogP contribution in [-0.4, -0.2) is 53.1 Å². The molecule has 1 aromatic rings. The number of benzene rings is 1. The van der Waals surface area contributed by atoms with Gasteiger partial charge in [0.25, 0.3) is 0 Å². The first kappa shape index (κ1) is 14.5. The minimum Gasteiger partial charge on any atom is -0.390 e. The quantitative estimate of drug-likeness (QED) is 0.856. The monoisotopic (exact) mass is 273 g/mol. The first-order valence-electron chi connectivity index (χ1n) is 6.73. The van der Waals surface area contributed by atoms with Crippen molar-refractivity contribution in [1.29, 1.82) is 5.26 Å². The lowest BCUT2D eigenvalue weighted by Crippen LogP contribution is -2.36. The Hall–Kier alpha value is -1.90. The van der Waals surface area contributed by atoms with Crippen LogP contribution >= 0.6 is 0 Å². The molecule has 1 atom stereocenters. The standard InChI is InChI=1S/C15H19N3O2/c1-12(19)18-6-5-17(10-15(20)11-18)9-14-4-2-3-13(7-14)8-16/h2-4,7,15,20H,5-6,9-11H2,1H3. The summed E-state index contributed by atoms with van der Waals surface area (Å²) in [4.78, 5) is 15.2. The molecule has 1 N–H and O–H groups in total. The van der Waals surface area contributed by atoms with Crippen molar-refractivity contribution in [1.82, 2.24) is 9.80 Å². The number of hydrogen-bond acceptors (Lipinski definition) is 4. The van der Waals surface area contributed by atoms with Crippen LogP contribution in [0.5, 0.6) is 0 Å². The number of amides is 1. The molecule has 5 nitrogen and oxygen atoms in total. The molecule has 1 aromatic carbocycles. The molecule has 0 saturated carbocycles. The molecule has 1 heterocycles. The molecule has 0 aromatic heterocycles. The van der Waals surface area contributed by atoms with Crippen LogP contribution in [-0.2, 0) is 11.3 Å². The van der Waals surface area contributed by atoms with E-state index in [-0.39, 0.29) is 5.91 Å². The molecule has 5 heteroatoms. The van der Waals surface area contributed by atoms with E-state index in [0.717, 1.165) is 12.1 Å². The number of carbonyl (C=O) groups is 1. The summed E-state index contributed by atoms with van der Waals surface area (Å²) in [7, 11) is 0. The van der Waals surface area contributed by atoms with E-state index in [1.54, 1.807) is 11.0 Å². The van der Waals surface area contributed by atoms with Crippen molar-refractivity contribution < 1.29 is 9.90 Å². The number of aliphatic hydroxyl groups is 1. The van der Waals surface area contributed by atoms with E-state index in [2.05, 4.69) is 11.0 Å². The fourth-order valence-electron chi connectivity index (χ4n) is 2.48. The van der Waals surface area contributed by atoms with E-state index in [4.69, 9.17) is 5.26 Å². The molecule has 2 rings (SSSR count). The molecular formula is C15H19N3O2. The Balaban J connectivity index is 2.02. The summed E-state index contributed by atoms with van der Waals surface area (Å²) in [5, 5.41) is 18.9. The van der Waals surface area contributed by atoms with Crippen LogP contribution in [0.1, 0.15) is 18.1 Å². The minimum atomic E-state index is -0.527. The SMILES string of the molecule is CC(=O)N1CCN(Cc2cccc(C#N)c2)CC(O)C1. The highest BCUT2D eigenvalue weighted by atomic mass is 16.3. The molecule has 106 valence electrons. The topological polar surface area (TPSA) is 67.6 Å². The summed E-state index contributed by atoms with van der Waals surface area (Å²) in [6, 6.07) is 9.60. The number of nitriles is 1. The molecule has 1 saturated heterocycles. The number of nitrogens with zero attached hydrogens (tertiary/aromatic N) is 3. The third-order valence-corrected chi connectivity index (χ3v) is 3.49. The van der Waals surface area contributed by atoms with Crippen molar-refractivity contribution in [3.63, 3.8) is 0 Å². The van der Waals surface area contributed by atoms with Crippen molar-refractivity contribution >= 4 is 5.91 Å². The number of rotatable bonds is 2. The van der Waals surface area contributed by atoms with Gasteiger partial charge in [0.15, 0.2) is 0 Å². The van der Waals surface area contributed by atoms with Crippen molar-refractivity contribution in [3.05, 3.63) is 35.4 Å². The molecule has 1 unspecified atom stereocenters. The van der Waals surface area contributed by atoms with Gasteiger partial charge in [-0.3, -0.25) is 9.69 Å². The summed E-state index contributed by atoms with van der Waals surface area (Å²) in [6.45, 7) is 4.50. The third-order valence-electron chi connectivity index (χ3n) is 3.49. The van der Waals surface area contributed by atoms with Gasteiger partial charge in [-0.2, -0.15) is 5.26 Å². The average molecular weight is 273 g/mol. The van der Waals surface area contributed by atoms with Crippen LogP contribution in [0.15, 0.2) is 24.3 Å². The minimum absolute atomic E-state index is 0.00243. The summed E-state index contributed by atoms with van der Waals surface area (Å²) < 4.78 is 0. The number of carbonyl (C=O) groups excluding carboxylic acids is 1. The molecule has 0 aliphatic carbocycles. The maximum Gasteiger partial charge on any atom is 0.219 e. The van der Waals surface area contributed by atoms with Crippen molar-refractivity contribution in [2.75, 3.05) is 26.2 Å². The zero-order valence-electron chi connectivity index (χ0n) is 11.6. The average Bonchev–Trinajstić information content (AvgIpc) is 2.60. The number of aliphatic hydroxyl groups excluding tert-OH is 1. The Labute approximate surface area is 119 Å². The van der Waals surface area contributed by atoms with Gasteiger partial charge in [-0.1, -0.05) is 12.1 Å². The molecular weight excluding hydrogens is 254 g/mol. The largest absolute Gasteiger partial charge is 0.390 e. The van der Waals surface area contributed by atoms with Gasteiger partial charge < -0.3 is 10.0 Å². The predicted molar refractivity (Wildman–Crippen MR) is 74.7 cm³/mol. The zero-order chi connectivity index (χ0) is 14.5. The fourth-order valence-corrected chi connectivity index (χ4v) is 2.48. The first-order chi connectivity index (χ1) is 9.58. The van der Waals surface area contributed by atoms with Crippen LogP contribution < -0.4 is 0 Å². The van der Waals surface area contributed by atoms with Crippen molar-refractivity contribution in [2.45, 2.75) is 19.6 Å². The zero-order valence-corrected chi connectivity index (χ0v) is 11.6. The summed E-state index contributed by atoms with van der Waals surface area (Å²) in [6.07, 6.45) is -0.527. The molecule has 1 aliphatic rings. The maximum absolute atomic E-state index is 11.4. The molecule has 0 bridgehead atoms. The molecule has 0 radical (unpaired) electrons. The van der Waals surface area contributed by atoms with Crippen LogP contribution in [0.4, 0.5) is 0 Å². The Morgan fingerprint density at radius 3 is 2.95 bits per heavy atom. The normalized spacial score (nSPS) is 20.2. The Morgan fingerprint density at radius 2 is 2.25 bits per heavy atom. The first-order valence-corrected chi connectivity index (χ1v) is 6.73. The van der Waals surface area contributed by atoms with E-state index in [0.29, 0.717) is 31.7 Å². The van der Waals surface area contributed by atoms with Gasteiger partial charge in [0, 0.05) is 39.6 Å². The van der Waals surface area contributed by atoms with Gasteiger partial charge in [-0.05, 0) is 17.7 Å². The predicted octanol–water partition coefficient (Wildman–Crippen LogP) is 0.583. The van der Waals surface area contributed by atoms with E-state index < -0.39 is 6.10 Å². The molecule has 0 spiro atoms. The summed E-state index contributed by atoms with van der Waals surface area (Å²) >= 11 is 0. The second-order valence-corrected chi connectivity index (χ2v) is 5.17. The van der Waals surface area contributed by atoms with Crippen molar-refractivity contribution in [3.8, 4) is 6.07 Å². The lowest BCUT2D eigenvalue weighted by Gasteiger charge is -2.21. The van der Waals surface area contributed by atoms with Gasteiger partial charge in [0.1, 0.15) is 0 Å². The highest BCUT2D eigenvalue weighted by Gasteiger charge is 2.22. The van der Waals surface area contributed by atoms with E-state index in [1.165, 1.54) is 6.92 Å². The Kier molecular flexibility index (Phi) is 4.72. The molecule has 1 amide bonds. The van der Waals surface area contributed by atoms with Gasteiger partial charge in [0.05, 0.1) is 17.7 Å². The van der Waals surface area contributed by atoms with Crippen LogP contribution in [0, 0.1) is 11.3 Å². The van der Waals surface area contributed by atoms with Crippen molar-refractivity contribution in [2.24, 2.45) is 0 Å². The lowest BCUT2D eigenvalue weighted by molar-refractivity contribution is -0.129. The van der Waals surface area contributed by atoms with Gasteiger partial charge >= 0.3 is 0 Å². The molecule has 1 fully saturated rings. The van der Waals surface area contributed by atoms with Gasteiger partial charge in [-0.25, -0.2) is 0 Å². The lowest BCUT2D eigenvalue weighted by atomic mass is 10.1. The smallest absolute Gasteiger partial charge is 0.219 e. The number of hydrogen-bond donors (Lipinski definition) is 1. The molecule has 1 aliphatic heterocycles. The van der Waals surface area contributed by atoms with E-state index in [1.807, 2.05) is 18.2 Å². The number of β-amino-alcohol motifs (C(OH)–C–C–N with tert-alkyl or cyclic N) is 1. The Morgan fingerprint density at radius 1 is 1.45 bits per heavy atom. The van der Waals surface area contributed by atoms with Crippen LogP contribution in [0.2, 0.25) is 0 Å². The second-order valence-electron chi connectivity index (χ2n) is 5.17. The Bertz CT molecular complexity index is 524.